The van der Waals surface area contributed by atoms with Gasteiger partial charge in [0.25, 0.3) is 5.69 Å². The Balaban J connectivity index is 2.71. The summed E-state index contributed by atoms with van der Waals surface area (Å²) >= 11 is 0. The van der Waals surface area contributed by atoms with Crippen LogP contribution in [0, 0.1) is 10.1 Å². The normalized spacial score (nSPS) is 10.7. The Bertz CT molecular complexity index is 448. The molecule has 0 fully saturated rings. The molecule has 0 atom stereocenters. The Morgan fingerprint density at radius 3 is 2.52 bits per heavy atom. The van der Waals surface area contributed by atoms with Gasteiger partial charge in [-0.15, -0.1) is 0 Å². The highest BCUT2D eigenvalue weighted by molar-refractivity contribution is 5.56. The SMILES string of the molecule is CCCOc1cc(NCCN(CC)CC)cc([N+](=O)[O-])c1. The van der Waals surface area contributed by atoms with Gasteiger partial charge >= 0.3 is 0 Å². The number of anilines is 1. The van der Waals surface area contributed by atoms with Gasteiger partial charge in [-0.3, -0.25) is 10.1 Å². The third-order valence-electron chi connectivity index (χ3n) is 3.23. The zero-order valence-electron chi connectivity index (χ0n) is 13.1. The topological polar surface area (TPSA) is 67.6 Å². The molecular formula is C15H25N3O3. The fourth-order valence-electron chi connectivity index (χ4n) is 1.99. The van der Waals surface area contributed by atoms with Crippen LogP contribution in [0.25, 0.3) is 0 Å². The molecule has 0 saturated carbocycles. The first-order valence-corrected chi connectivity index (χ1v) is 7.49. The van der Waals surface area contributed by atoms with E-state index in [-0.39, 0.29) is 5.69 Å². The van der Waals surface area contributed by atoms with Crippen molar-refractivity contribution in [1.82, 2.24) is 4.90 Å². The van der Waals surface area contributed by atoms with Crippen molar-refractivity contribution in [2.75, 3.05) is 38.1 Å². The molecule has 0 amide bonds. The molecule has 6 heteroatoms. The van der Waals surface area contributed by atoms with Gasteiger partial charge in [-0.1, -0.05) is 20.8 Å². The lowest BCUT2D eigenvalue weighted by Gasteiger charge is -2.18. The smallest absolute Gasteiger partial charge is 0.275 e. The third kappa shape index (κ3) is 5.99. The van der Waals surface area contributed by atoms with Crippen molar-refractivity contribution >= 4 is 11.4 Å². The Kier molecular flexibility index (Phi) is 7.53. The molecule has 1 rings (SSSR count). The number of nitrogens with one attached hydrogen (secondary N) is 1. The molecule has 1 aromatic carbocycles. The van der Waals surface area contributed by atoms with Crippen LogP contribution in [0.15, 0.2) is 18.2 Å². The third-order valence-corrected chi connectivity index (χ3v) is 3.23. The van der Waals surface area contributed by atoms with Crippen LogP contribution < -0.4 is 10.1 Å². The lowest BCUT2D eigenvalue weighted by Crippen LogP contribution is -2.28. The van der Waals surface area contributed by atoms with Crippen molar-refractivity contribution in [2.45, 2.75) is 27.2 Å². The van der Waals surface area contributed by atoms with Gasteiger partial charge in [-0.05, 0) is 19.5 Å². The van der Waals surface area contributed by atoms with Crippen molar-refractivity contribution in [3.05, 3.63) is 28.3 Å². The molecule has 0 radical (unpaired) electrons. The number of nitro benzene ring substituents is 1. The lowest BCUT2D eigenvalue weighted by atomic mass is 10.2. The second-order valence-electron chi connectivity index (χ2n) is 4.77. The van der Waals surface area contributed by atoms with Crippen LogP contribution in [0.4, 0.5) is 11.4 Å². The van der Waals surface area contributed by atoms with E-state index in [0.29, 0.717) is 12.4 Å². The van der Waals surface area contributed by atoms with E-state index < -0.39 is 4.92 Å². The number of ether oxygens (including phenoxy) is 1. The lowest BCUT2D eigenvalue weighted by molar-refractivity contribution is -0.384. The predicted molar refractivity (Wildman–Crippen MR) is 85.2 cm³/mol. The molecule has 118 valence electrons. The molecule has 0 aromatic heterocycles. The molecule has 0 aliphatic heterocycles. The molecule has 0 saturated heterocycles. The van der Waals surface area contributed by atoms with Crippen molar-refractivity contribution in [2.24, 2.45) is 0 Å². The average Bonchev–Trinajstić information content (AvgIpc) is 2.49. The second kappa shape index (κ2) is 9.18. The molecule has 0 unspecified atom stereocenters. The summed E-state index contributed by atoms with van der Waals surface area (Å²) in [6.45, 7) is 10.4. The monoisotopic (exact) mass is 295 g/mol. The van der Waals surface area contributed by atoms with Crippen molar-refractivity contribution in [3.8, 4) is 5.75 Å². The van der Waals surface area contributed by atoms with E-state index in [2.05, 4.69) is 24.1 Å². The molecule has 1 N–H and O–H groups in total. The summed E-state index contributed by atoms with van der Waals surface area (Å²) in [5.41, 5.74) is 0.774. The maximum absolute atomic E-state index is 11.0. The van der Waals surface area contributed by atoms with E-state index in [4.69, 9.17) is 4.74 Å². The zero-order valence-corrected chi connectivity index (χ0v) is 13.1. The molecule has 0 heterocycles. The standard InChI is InChI=1S/C15H25N3O3/c1-4-9-21-15-11-13(10-14(12-15)18(19)20)16-7-8-17(5-2)6-3/h10-12,16H,4-9H2,1-3H3. The van der Waals surface area contributed by atoms with Crippen molar-refractivity contribution in [1.29, 1.82) is 0 Å². The van der Waals surface area contributed by atoms with E-state index in [1.54, 1.807) is 6.07 Å². The molecule has 0 bridgehead atoms. The highest BCUT2D eigenvalue weighted by Crippen LogP contribution is 2.26. The minimum Gasteiger partial charge on any atom is -0.493 e. The van der Waals surface area contributed by atoms with E-state index in [0.717, 1.165) is 38.3 Å². The predicted octanol–water partition coefficient (Wildman–Crippen LogP) is 3.14. The van der Waals surface area contributed by atoms with Crippen molar-refractivity contribution < 1.29 is 9.66 Å². The molecular weight excluding hydrogens is 270 g/mol. The van der Waals surface area contributed by atoms with Crippen LogP contribution in [0.2, 0.25) is 0 Å². The number of hydrogen-bond acceptors (Lipinski definition) is 5. The van der Waals surface area contributed by atoms with E-state index >= 15 is 0 Å². The Morgan fingerprint density at radius 1 is 1.24 bits per heavy atom. The summed E-state index contributed by atoms with van der Waals surface area (Å²) in [6, 6.07) is 4.82. The molecule has 0 spiro atoms. The summed E-state index contributed by atoms with van der Waals surface area (Å²) < 4.78 is 5.50. The zero-order chi connectivity index (χ0) is 15.7. The number of likely N-dealkylation sites (N-methyl/N-ethyl adjacent to an activating group) is 1. The Morgan fingerprint density at radius 2 is 1.95 bits per heavy atom. The highest BCUT2D eigenvalue weighted by Gasteiger charge is 2.10. The van der Waals surface area contributed by atoms with Crippen LogP contribution in [0.5, 0.6) is 5.75 Å². The average molecular weight is 295 g/mol. The van der Waals surface area contributed by atoms with Gasteiger partial charge in [0.05, 0.1) is 17.6 Å². The molecule has 21 heavy (non-hydrogen) atoms. The summed E-state index contributed by atoms with van der Waals surface area (Å²) in [7, 11) is 0. The summed E-state index contributed by atoms with van der Waals surface area (Å²) in [5, 5.41) is 14.2. The first-order chi connectivity index (χ1) is 10.1. The number of hydrogen-bond donors (Lipinski definition) is 1. The van der Waals surface area contributed by atoms with Gasteiger partial charge in [0, 0.05) is 30.9 Å². The minimum absolute atomic E-state index is 0.0499. The van der Waals surface area contributed by atoms with Gasteiger partial charge in [0.15, 0.2) is 0 Å². The summed E-state index contributed by atoms with van der Waals surface area (Å²) in [5.74, 6) is 0.538. The van der Waals surface area contributed by atoms with Gasteiger partial charge in [0.2, 0.25) is 0 Å². The van der Waals surface area contributed by atoms with Gasteiger partial charge in [-0.25, -0.2) is 0 Å². The first kappa shape index (κ1) is 17.2. The molecule has 1 aromatic rings. The maximum atomic E-state index is 11.0. The molecule has 6 nitrogen and oxygen atoms in total. The number of nitrogens with zero attached hydrogens (tertiary/aromatic N) is 2. The number of rotatable bonds is 10. The summed E-state index contributed by atoms with van der Waals surface area (Å²) in [4.78, 5) is 12.9. The molecule has 0 aliphatic rings. The fraction of sp³-hybridized carbons (Fsp3) is 0.600. The number of non-ortho nitro benzene ring substituents is 1. The fourth-order valence-corrected chi connectivity index (χ4v) is 1.99. The van der Waals surface area contributed by atoms with Gasteiger partial charge in [-0.2, -0.15) is 0 Å². The van der Waals surface area contributed by atoms with Gasteiger partial charge < -0.3 is 15.0 Å². The first-order valence-electron chi connectivity index (χ1n) is 7.49. The molecule has 0 aliphatic carbocycles. The van der Waals surface area contributed by atoms with Crippen LogP contribution in [-0.2, 0) is 0 Å². The Labute approximate surface area is 126 Å². The van der Waals surface area contributed by atoms with E-state index in [1.165, 1.54) is 6.07 Å². The van der Waals surface area contributed by atoms with E-state index in [9.17, 15) is 10.1 Å². The quantitative estimate of drug-likeness (QED) is 0.530. The summed E-state index contributed by atoms with van der Waals surface area (Å²) in [6.07, 6.45) is 0.868. The largest absolute Gasteiger partial charge is 0.493 e. The van der Waals surface area contributed by atoms with Crippen LogP contribution >= 0.6 is 0 Å². The number of nitro groups is 1. The van der Waals surface area contributed by atoms with Gasteiger partial charge in [0.1, 0.15) is 5.75 Å². The number of benzene rings is 1. The van der Waals surface area contributed by atoms with Crippen LogP contribution in [0.1, 0.15) is 27.2 Å². The second-order valence-corrected chi connectivity index (χ2v) is 4.77. The Hall–Kier alpha value is -1.82. The van der Waals surface area contributed by atoms with Crippen LogP contribution in [0.3, 0.4) is 0 Å². The highest BCUT2D eigenvalue weighted by atomic mass is 16.6. The van der Waals surface area contributed by atoms with E-state index in [1.807, 2.05) is 13.0 Å². The van der Waals surface area contributed by atoms with Crippen molar-refractivity contribution in [3.63, 3.8) is 0 Å². The maximum Gasteiger partial charge on any atom is 0.275 e. The minimum atomic E-state index is -0.394. The van der Waals surface area contributed by atoms with Crippen LogP contribution in [-0.4, -0.2) is 42.6 Å².